The molecule has 1 aliphatic carbocycles. The molecular formula is C25H28N2O4. The zero-order valence-corrected chi connectivity index (χ0v) is 18.4. The number of carbonyl (C=O) groups is 2. The van der Waals surface area contributed by atoms with E-state index in [9.17, 15) is 14.7 Å². The van der Waals surface area contributed by atoms with Gasteiger partial charge in [-0.15, -0.1) is 0 Å². The van der Waals surface area contributed by atoms with Crippen LogP contribution in [0.2, 0.25) is 0 Å². The lowest BCUT2D eigenvalue weighted by Crippen LogP contribution is -2.39. The number of methoxy groups -OCH3 is 1. The molecule has 0 saturated heterocycles. The van der Waals surface area contributed by atoms with E-state index in [0.717, 1.165) is 22.6 Å². The van der Waals surface area contributed by atoms with E-state index >= 15 is 0 Å². The number of Topliss-reactive ketones (excluding diaryl/α,β-unsaturated/α-hetero) is 1. The fourth-order valence-corrected chi connectivity index (χ4v) is 4.61. The molecule has 1 aliphatic heterocycles. The fourth-order valence-electron chi connectivity index (χ4n) is 4.61. The first-order chi connectivity index (χ1) is 14.8. The van der Waals surface area contributed by atoms with E-state index in [4.69, 9.17) is 4.74 Å². The number of ketones is 1. The molecule has 1 heterocycles. The van der Waals surface area contributed by atoms with Crippen molar-refractivity contribution in [1.82, 2.24) is 0 Å². The van der Waals surface area contributed by atoms with E-state index in [0.29, 0.717) is 30.6 Å². The van der Waals surface area contributed by atoms with Gasteiger partial charge in [-0.3, -0.25) is 14.5 Å². The lowest BCUT2D eigenvalue weighted by Gasteiger charge is -2.37. The summed E-state index contributed by atoms with van der Waals surface area (Å²) in [7, 11) is 1.48. The molecule has 2 aromatic rings. The number of nitrogens with one attached hydrogen (secondary N) is 1. The van der Waals surface area contributed by atoms with Gasteiger partial charge in [0.15, 0.2) is 17.3 Å². The minimum absolute atomic E-state index is 0.0112. The normalized spacial score (nSPS) is 19.8. The summed E-state index contributed by atoms with van der Waals surface area (Å²) < 4.78 is 5.33. The van der Waals surface area contributed by atoms with E-state index in [1.54, 1.807) is 23.1 Å². The summed E-state index contributed by atoms with van der Waals surface area (Å²) in [5, 5.41) is 13.6. The predicted octanol–water partition coefficient (Wildman–Crippen LogP) is 4.95. The molecule has 2 aliphatic rings. The minimum atomic E-state index is -0.614. The molecule has 1 amide bonds. The number of rotatable bonds is 3. The van der Waals surface area contributed by atoms with Crippen molar-refractivity contribution in [3.63, 3.8) is 0 Å². The number of anilines is 2. The quantitative estimate of drug-likeness (QED) is 0.734. The van der Waals surface area contributed by atoms with Crippen LogP contribution in [0.15, 0.2) is 53.7 Å². The van der Waals surface area contributed by atoms with Crippen molar-refractivity contribution in [3.8, 4) is 11.5 Å². The van der Waals surface area contributed by atoms with Crippen molar-refractivity contribution >= 4 is 23.1 Å². The van der Waals surface area contributed by atoms with Gasteiger partial charge < -0.3 is 15.2 Å². The number of amides is 1. The van der Waals surface area contributed by atoms with Crippen molar-refractivity contribution in [1.29, 1.82) is 0 Å². The largest absolute Gasteiger partial charge is 0.504 e. The lowest BCUT2D eigenvalue weighted by atomic mass is 9.73. The zero-order chi connectivity index (χ0) is 22.3. The molecule has 31 heavy (non-hydrogen) atoms. The Labute approximate surface area is 182 Å². The van der Waals surface area contributed by atoms with Gasteiger partial charge in [0.25, 0.3) is 0 Å². The number of carbonyl (C=O) groups excluding carboxylic acids is 2. The van der Waals surface area contributed by atoms with Gasteiger partial charge in [-0.1, -0.05) is 39.0 Å². The van der Waals surface area contributed by atoms with Gasteiger partial charge in [0.05, 0.1) is 24.5 Å². The topological polar surface area (TPSA) is 78.9 Å². The number of hydrogen-bond acceptors (Lipinski definition) is 5. The van der Waals surface area contributed by atoms with Crippen molar-refractivity contribution in [2.24, 2.45) is 5.41 Å². The minimum Gasteiger partial charge on any atom is -0.504 e. The molecule has 2 N–H and O–H groups in total. The Balaban J connectivity index is 2.02. The molecule has 0 spiro atoms. The average Bonchev–Trinajstić information content (AvgIpc) is 2.87. The Morgan fingerprint density at radius 3 is 2.68 bits per heavy atom. The smallest absolute Gasteiger partial charge is 0.227 e. The second kappa shape index (κ2) is 7.76. The maximum atomic E-state index is 13.5. The Morgan fingerprint density at radius 1 is 1.23 bits per heavy atom. The molecule has 4 rings (SSSR count). The molecule has 0 radical (unpaired) electrons. The second-order valence-corrected chi connectivity index (χ2v) is 8.93. The predicted molar refractivity (Wildman–Crippen MR) is 120 cm³/mol. The number of ether oxygens (including phenoxy) is 1. The summed E-state index contributed by atoms with van der Waals surface area (Å²) in [6.07, 6.45) is 1.40. The van der Waals surface area contributed by atoms with E-state index in [1.165, 1.54) is 7.11 Å². The SMILES string of the molecule is CCC(=O)N1c2ccccc2NC2=C(C(=O)CC(C)(C)C2)[C@@H]1c1ccc(O)c(OC)c1. The summed E-state index contributed by atoms with van der Waals surface area (Å²) in [5.41, 5.74) is 3.51. The first-order valence-corrected chi connectivity index (χ1v) is 10.6. The number of phenolic OH excluding ortho intramolecular Hbond substituents is 1. The van der Waals surface area contributed by atoms with Gasteiger partial charge in [0, 0.05) is 24.1 Å². The Morgan fingerprint density at radius 2 is 1.97 bits per heavy atom. The van der Waals surface area contributed by atoms with E-state index in [-0.39, 0.29) is 22.9 Å². The van der Waals surface area contributed by atoms with Gasteiger partial charge >= 0.3 is 0 Å². The van der Waals surface area contributed by atoms with Gasteiger partial charge in [-0.05, 0) is 41.7 Å². The average molecular weight is 421 g/mol. The van der Waals surface area contributed by atoms with Crippen LogP contribution >= 0.6 is 0 Å². The summed E-state index contributed by atoms with van der Waals surface area (Å²) in [6, 6.07) is 12.0. The van der Waals surface area contributed by atoms with Crippen LogP contribution in [0.25, 0.3) is 0 Å². The number of nitrogens with zero attached hydrogens (tertiary/aromatic N) is 1. The summed E-state index contributed by atoms with van der Waals surface area (Å²) in [5.74, 6) is 0.255. The van der Waals surface area contributed by atoms with E-state index in [2.05, 4.69) is 19.2 Å². The number of benzene rings is 2. The summed E-state index contributed by atoms with van der Waals surface area (Å²) >= 11 is 0. The third-order valence-corrected chi connectivity index (χ3v) is 5.99. The van der Waals surface area contributed by atoms with Crippen LogP contribution in [-0.4, -0.2) is 23.9 Å². The van der Waals surface area contributed by atoms with Gasteiger partial charge in [0.1, 0.15) is 0 Å². The molecule has 0 aromatic heterocycles. The third-order valence-electron chi connectivity index (χ3n) is 5.99. The fraction of sp³-hybridized carbons (Fsp3) is 0.360. The molecule has 6 nitrogen and oxygen atoms in total. The number of fused-ring (bicyclic) bond motifs is 1. The zero-order valence-electron chi connectivity index (χ0n) is 18.4. The highest BCUT2D eigenvalue weighted by molar-refractivity contribution is 6.06. The van der Waals surface area contributed by atoms with Gasteiger partial charge in [-0.2, -0.15) is 0 Å². The van der Waals surface area contributed by atoms with Crippen molar-refractivity contribution < 1.29 is 19.4 Å². The highest BCUT2D eigenvalue weighted by Gasteiger charge is 2.43. The molecule has 0 bridgehead atoms. The van der Waals surface area contributed by atoms with Crippen molar-refractivity contribution in [2.75, 3.05) is 17.3 Å². The molecule has 0 saturated carbocycles. The van der Waals surface area contributed by atoms with Crippen molar-refractivity contribution in [2.45, 2.75) is 46.1 Å². The van der Waals surface area contributed by atoms with Crippen molar-refractivity contribution in [3.05, 3.63) is 59.3 Å². The van der Waals surface area contributed by atoms with Crippen LogP contribution < -0.4 is 15.0 Å². The highest BCUT2D eigenvalue weighted by atomic mass is 16.5. The van der Waals surface area contributed by atoms with Crippen LogP contribution in [-0.2, 0) is 9.59 Å². The highest BCUT2D eigenvalue weighted by Crippen LogP contribution is 2.49. The van der Waals surface area contributed by atoms with Crippen LogP contribution in [0.3, 0.4) is 0 Å². The molecule has 0 unspecified atom stereocenters. The standard InChI is InChI=1S/C25H28N2O4/c1-5-22(30)27-18-9-7-6-8-16(18)26-17-13-25(2,3)14-20(29)23(17)24(27)15-10-11-19(28)21(12-15)31-4/h6-12,24,26,28H,5,13-14H2,1-4H3/t24-/m0/s1. The molecule has 162 valence electrons. The second-order valence-electron chi connectivity index (χ2n) is 8.93. The summed E-state index contributed by atoms with van der Waals surface area (Å²) in [4.78, 5) is 28.5. The Hall–Kier alpha value is -3.28. The summed E-state index contributed by atoms with van der Waals surface area (Å²) in [6.45, 7) is 5.99. The van der Waals surface area contributed by atoms with Crippen LogP contribution in [0.1, 0.15) is 51.6 Å². The maximum absolute atomic E-state index is 13.5. The Kier molecular flexibility index (Phi) is 5.25. The van der Waals surface area contributed by atoms with Crippen LogP contribution in [0.4, 0.5) is 11.4 Å². The van der Waals surface area contributed by atoms with E-state index in [1.807, 2.05) is 31.2 Å². The van der Waals surface area contributed by atoms with Crippen LogP contribution in [0.5, 0.6) is 11.5 Å². The first-order valence-electron chi connectivity index (χ1n) is 10.6. The molecule has 6 heteroatoms. The third kappa shape index (κ3) is 3.67. The molecule has 1 atom stereocenters. The lowest BCUT2D eigenvalue weighted by molar-refractivity contribution is -0.119. The van der Waals surface area contributed by atoms with E-state index < -0.39 is 6.04 Å². The number of aromatic hydroxyl groups is 1. The van der Waals surface area contributed by atoms with Gasteiger partial charge in [-0.25, -0.2) is 0 Å². The molecule has 0 fully saturated rings. The molecule has 2 aromatic carbocycles. The van der Waals surface area contributed by atoms with Crippen LogP contribution in [0, 0.1) is 5.41 Å². The monoisotopic (exact) mass is 420 g/mol. The molecular weight excluding hydrogens is 392 g/mol. The first kappa shape index (κ1) is 21.0. The van der Waals surface area contributed by atoms with Gasteiger partial charge in [0.2, 0.25) is 5.91 Å². The number of allylic oxidation sites excluding steroid dienone is 1. The number of para-hydroxylation sites is 2. The number of hydrogen-bond donors (Lipinski definition) is 2. The Bertz CT molecular complexity index is 1090. The maximum Gasteiger partial charge on any atom is 0.227 e. The number of phenols is 1.